The van der Waals surface area contributed by atoms with Gasteiger partial charge < -0.3 is 4.57 Å². The Balaban J connectivity index is 1.19. The van der Waals surface area contributed by atoms with Gasteiger partial charge >= 0.3 is 0 Å². The molecule has 2 aliphatic heterocycles. The SMILES string of the molecule is c1cc(CN2CCC(c3nnc4n3CCCCC4)CC2)cc(Cn2cccn2)c1. The zero-order chi connectivity index (χ0) is 19.5. The molecule has 6 nitrogen and oxygen atoms in total. The van der Waals surface area contributed by atoms with E-state index in [4.69, 9.17) is 0 Å². The molecule has 0 spiro atoms. The third-order valence-electron chi connectivity index (χ3n) is 6.39. The number of aromatic nitrogens is 5. The first-order valence-corrected chi connectivity index (χ1v) is 11.0. The van der Waals surface area contributed by atoms with E-state index in [0.29, 0.717) is 5.92 Å². The van der Waals surface area contributed by atoms with Gasteiger partial charge in [-0.1, -0.05) is 30.7 Å². The minimum Gasteiger partial charge on any atom is -0.315 e. The van der Waals surface area contributed by atoms with E-state index in [9.17, 15) is 0 Å². The van der Waals surface area contributed by atoms with Gasteiger partial charge in [0.1, 0.15) is 11.6 Å². The first kappa shape index (κ1) is 18.6. The second-order valence-corrected chi connectivity index (χ2v) is 8.51. The largest absolute Gasteiger partial charge is 0.315 e. The number of nitrogens with zero attached hydrogens (tertiary/aromatic N) is 6. The van der Waals surface area contributed by atoms with Crippen molar-refractivity contribution in [3.05, 3.63) is 65.5 Å². The normalized spacial score (nSPS) is 18.5. The molecule has 1 saturated heterocycles. The van der Waals surface area contributed by atoms with E-state index in [0.717, 1.165) is 39.1 Å². The Morgan fingerprint density at radius 1 is 0.897 bits per heavy atom. The molecule has 0 radical (unpaired) electrons. The van der Waals surface area contributed by atoms with Crippen LogP contribution in [0, 0.1) is 0 Å². The van der Waals surface area contributed by atoms with Crippen LogP contribution in [-0.2, 0) is 26.1 Å². The topological polar surface area (TPSA) is 51.8 Å². The summed E-state index contributed by atoms with van der Waals surface area (Å²) < 4.78 is 4.41. The maximum atomic E-state index is 4.61. The molecule has 29 heavy (non-hydrogen) atoms. The Labute approximate surface area is 172 Å². The predicted molar refractivity (Wildman–Crippen MR) is 113 cm³/mol. The van der Waals surface area contributed by atoms with Crippen LogP contribution in [0.25, 0.3) is 0 Å². The quantitative estimate of drug-likeness (QED) is 0.668. The smallest absolute Gasteiger partial charge is 0.136 e. The Morgan fingerprint density at radius 2 is 1.76 bits per heavy atom. The van der Waals surface area contributed by atoms with Crippen molar-refractivity contribution in [2.24, 2.45) is 0 Å². The average Bonchev–Trinajstić information content (AvgIpc) is 3.33. The number of benzene rings is 1. The molecule has 2 aliphatic rings. The molecule has 4 heterocycles. The molecule has 1 fully saturated rings. The molecule has 0 unspecified atom stereocenters. The molecule has 0 aliphatic carbocycles. The number of hydrogen-bond donors (Lipinski definition) is 0. The molecule has 0 saturated carbocycles. The Bertz CT molecular complexity index is 921. The molecule has 0 bridgehead atoms. The van der Waals surface area contributed by atoms with Crippen LogP contribution >= 0.6 is 0 Å². The van der Waals surface area contributed by atoms with Gasteiger partial charge in [0, 0.05) is 37.8 Å². The summed E-state index contributed by atoms with van der Waals surface area (Å²) in [6.45, 7) is 5.24. The van der Waals surface area contributed by atoms with Crippen LogP contribution in [0.4, 0.5) is 0 Å². The zero-order valence-electron chi connectivity index (χ0n) is 17.1. The van der Waals surface area contributed by atoms with E-state index in [1.165, 1.54) is 54.9 Å². The van der Waals surface area contributed by atoms with Crippen molar-refractivity contribution >= 4 is 0 Å². The molecule has 2 aromatic heterocycles. The number of piperidine rings is 1. The summed E-state index contributed by atoms with van der Waals surface area (Å²) >= 11 is 0. The van der Waals surface area contributed by atoms with Gasteiger partial charge in [-0.05, 0) is 56.0 Å². The fraction of sp³-hybridized carbons (Fsp3) is 0.522. The van der Waals surface area contributed by atoms with E-state index in [1.807, 2.05) is 23.1 Å². The number of likely N-dealkylation sites (tertiary alicyclic amines) is 1. The average molecular weight is 391 g/mol. The van der Waals surface area contributed by atoms with E-state index in [2.05, 4.69) is 49.0 Å². The molecule has 152 valence electrons. The highest BCUT2D eigenvalue weighted by molar-refractivity contribution is 5.23. The summed E-state index contributed by atoms with van der Waals surface area (Å²) in [5.41, 5.74) is 2.71. The van der Waals surface area contributed by atoms with Crippen LogP contribution in [0.2, 0.25) is 0 Å². The van der Waals surface area contributed by atoms with Gasteiger partial charge in [-0.15, -0.1) is 10.2 Å². The van der Waals surface area contributed by atoms with Crippen molar-refractivity contribution in [1.82, 2.24) is 29.4 Å². The number of aryl methyl sites for hydroxylation is 1. The molecule has 1 aromatic carbocycles. The van der Waals surface area contributed by atoms with Crippen molar-refractivity contribution in [2.75, 3.05) is 13.1 Å². The van der Waals surface area contributed by atoms with Crippen molar-refractivity contribution in [3.8, 4) is 0 Å². The van der Waals surface area contributed by atoms with Gasteiger partial charge in [-0.3, -0.25) is 9.58 Å². The Kier molecular flexibility index (Phi) is 5.43. The molecule has 0 N–H and O–H groups in total. The number of rotatable bonds is 5. The monoisotopic (exact) mass is 390 g/mol. The van der Waals surface area contributed by atoms with E-state index in [-0.39, 0.29) is 0 Å². The first-order chi connectivity index (χ1) is 14.3. The summed E-state index contributed by atoms with van der Waals surface area (Å²) in [5, 5.41) is 13.4. The highest BCUT2D eigenvalue weighted by Gasteiger charge is 2.26. The van der Waals surface area contributed by atoms with E-state index >= 15 is 0 Å². The van der Waals surface area contributed by atoms with Crippen LogP contribution < -0.4 is 0 Å². The fourth-order valence-corrected chi connectivity index (χ4v) is 4.82. The fourth-order valence-electron chi connectivity index (χ4n) is 4.82. The lowest BCUT2D eigenvalue weighted by Gasteiger charge is -2.31. The molecular weight excluding hydrogens is 360 g/mol. The summed E-state index contributed by atoms with van der Waals surface area (Å²) in [5.74, 6) is 3.04. The standard InChI is InChI=1S/C23H30N6/c1-2-8-22-25-26-23(29(22)13-3-1)21-9-14-27(15-10-21)17-19-6-4-7-20(16-19)18-28-12-5-11-24-28/h4-7,11-12,16,21H,1-3,8-10,13-15,17-18H2. The lowest BCUT2D eigenvalue weighted by atomic mass is 9.95. The van der Waals surface area contributed by atoms with Gasteiger partial charge in [0.05, 0.1) is 6.54 Å². The second-order valence-electron chi connectivity index (χ2n) is 8.51. The van der Waals surface area contributed by atoms with E-state index in [1.54, 1.807) is 0 Å². The van der Waals surface area contributed by atoms with Crippen molar-refractivity contribution in [1.29, 1.82) is 0 Å². The highest BCUT2D eigenvalue weighted by atomic mass is 15.3. The van der Waals surface area contributed by atoms with Crippen molar-refractivity contribution in [2.45, 2.75) is 64.1 Å². The van der Waals surface area contributed by atoms with Crippen LogP contribution in [-0.4, -0.2) is 42.5 Å². The minimum atomic E-state index is 0.566. The van der Waals surface area contributed by atoms with Gasteiger partial charge in [0.2, 0.25) is 0 Å². The molecule has 0 amide bonds. The summed E-state index contributed by atoms with van der Waals surface area (Å²) in [7, 11) is 0. The third-order valence-corrected chi connectivity index (χ3v) is 6.39. The lowest BCUT2D eigenvalue weighted by molar-refractivity contribution is 0.200. The van der Waals surface area contributed by atoms with Gasteiger partial charge in [-0.2, -0.15) is 5.10 Å². The molecule has 0 atom stereocenters. The minimum absolute atomic E-state index is 0.566. The van der Waals surface area contributed by atoms with Gasteiger partial charge in [0.25, 0.3) is 0 Å². The zero-order valence-corrected chi connectivity index (χ0v) is 17.1. The maximum absolute atomic E-state index is 4.61. The second kappa shape index (κ2) is 8.49. The summed E-state index contributed by atoms with van der Waals surface area (Å²) in [6, 6.07) is 10.9. The summed E-state index contributed by atoms with van der Waals surface area (Å²) in [4.78, 5) is 2.59. The number of hydrogen-bond acceptors (Lipinski definition) is 4. The highest BCUT2D eigenvalue weighted by Crippen LogP contribution is 2.29. The third kappa shape index (κ3) is 4.27. The summed E-state index contributed by atoms with van der Waals surface area (Å²) in [6.07, 6.45) is 11.2. The van der Waals surface area contributed by atoms with Crippen LogP contribution in [0.15, 0.2) is 42.7 Å². The van der Waals surface area contributed by atoms with Crippen molar-refractivity contribution in [3.63, 3.8) is 0 Å². The van der Waals surface area contributed by atoms with Crippen LogP contribution in [0.1, 0.15) is 60.8 Å². The van der Waals surface area contributed by atoms with Crippen LogP contribution in [0.5, 0.6) is 0 Å². The molecule has 6 heteroatoms. The van der Waals surface area contributed by atoms with Crippen molar-refractivity contribution < 1.29 is 0 Å². The van der Waals surface area contributed by atoms with Crippen LogP contribution in [0.3, 0.4) is 0 Å². The number of fused-ring (bicyclic) bond motifs is 1. The lowest BCUT2D eigenvalue weighted by Crippen LogP contribution is -2.33. The van der Waals surface area contributed by atoms with Gasteiger partial charge in [-0.25, -0.2) is 0 Å². The molecule has 3 aromatic rings. The Hall–Kier alpha value is -2.47. The maximum Gasteiger partial charge on any atom is 0.136 e. The van der Waals surface area contributed by atoms with Gasteiger partial charge in [0.15, 0.2) is 0 Å². The first-order valence-electron chi connectivity index (χ1n) is 11.0. The molecule has 5 rings (SSSR count). The van der Waals surface area contributed by atoms with E-state index < -0.39 is 0 Å². The predicted octanol–water partition coefficient (Wildman–Crippen LogP) is 3.63. The molecular formula is C23H30N6. The Morgan fingerprint density at radius 3 is 2.59 bits per heavy atom.